The van der Waals surface area contributed by atoms with Gasteiger partial charge in [0, 0.05) is 12.1 Å². The van der Waals surface area contributed by atoms with Crippen molar-refractivity contribution in [3.8, 4) is 5.75 Å². The second-order valence-electron chi connectivity index (χ2n) is 5.93. The molecule has 0 aromatic heterocycles. The molecule has 0 aliphatic carbocycles. The van der Waals surface area contributed by atoms with Gasteiger partial charge in [-0.25, -0.2) is 5.43 Å². The molecule has 2 aromatic carbocycles. The third-order valence-corrected chi connectivity index (χ3v) is 3.48. The molecule has 2 N–H and O–H groups in total. The molecule has 0 fully saturated rings. The van der Waals surface area contributed by atoms with E-state index in [1.54, 1.807) is 6.07 Å². The minimum Gasteiger partial charge on any atom is -0.484 e. The number of carbonyl (C=O) groups is 2. The smallest absolute Gasteiger partial charge is 0.259 e. The average molecular weight is 353 g/mol. The summed E-state index contributed by atoms with van der Waals surface area (Å²) in [5, 5.41) is 6.53. The molecular formula is C20H23N3O3. The predicted octanol–water partition coefficient (Wildman–Crippen LogP) is 2.22. The third kappa shape index (κ3) is 7.17. The quantitative estimate of drug-likeness (QED) is 0.564. The van der Waals surface area contributed by atoms with Gasteiger partial charge >= 0.3 is 0 Å². The first-order valence-electron chi connectivity index (χ1n) is 8.35. The summed E-state index contributed by atoms with van der Waals surface area (Å²) in [5.74, 6) is -0.140. The Morgan fingerprint density at radius 3 is 2.54 bits per heavy atom. The van der Waals surface area contributed by atoms with Crippen LogP contribution in [0.15, 0.2) is 59.7 Å². The standard InChI is InChI=1S/C20H23N3O3/c1-15-7-6-10-18(11-15)26-14-20(25)21-13-19(24)23-22-16(2)12-17-8-4-3-5-9-17/h3-11H,12-14H2,1-2H3,(H,21,25)(H,23,24). The van der Waals surface area contributed by atoms with Gasteiger partial charge in [0.2, 0.25) is 0 Å². The minimum atomic E-state index is -0.388. The molecule has 0 saturated heterocycles. The number of amides is 2. The van der Waals surface area contributed by atoms with Crippen molar-refractivity contribution in [1.29, 1.82) is 0 Å². The van der Waals surface area contributed by atoms with Gasteiger partial charge in [-0.15, -0.1) is 0 Å². The molecule has 0 saturated carbocycles. The average Bonchev–Trinajstić information content (AvgIpc) is 2.64. The van der Waals surface area contributed by atoms with Gasteiger partial charge in [-0.3, -0.25) is 9.59 Å². The summed E-state index contributed by atoms with van der Waals surface area (Å²) in [6.07, 6.45) is 0.651. The number of rotatable bonds is 8. The lowest BCUT2D eigenvalue weighted by molar-refractivity contribution is -0.127. The van der Waals surface area contributed by atoms with E-state index in [2.05, 4.69) is 15.8 Å². The number of hydrogen-bond donors (Lipinski definition) is 2. The van der Waals surface area contributed by atoms with Crippen LogP contribution in [0, 0.1) is 6.92 Å². The Morgan fingerprint density at radius 2 is 1.81 bits per heavy atom. The molecule has 0 atom stereocenters. The number of benzene rings is 2. The van der Waals surface area contributed by atoms with Crippen molar-refractivity contribution in [3.05, 3.63) is 65.7 Å². The van der Waals surface area contributed by atoms with Crippen molar-refractivity contribution in [3.63, 3.8) is 0 Å². The number of hydrazone groups is 1. The van der Waals surface area contributed by atoms with Gasteiger partial charge in [0.15, 0.2) is 6.61 Å². The first-order valence-corrected chi connectivity index (χ1v) is 8.35. The molecule has 2 aromatic rings. The highest BCUT2D eigenvalue weighted by Gasteiger charge is 2.06. The van der Waals surface area contributed by atoms with Gasteiger partial charge in [-0.2, -0.15) is 5.10 Å². The molecule has 0 radical (unpaired) electrons. The van der Waals surface area contributed by atoms with Gasteiger partial charge in [-0.1, -0.05) is 42.5 Å². The molecule has 0 bridgehead atoms. The van der Waals surface area contributed by atoms with Crippen LogP contribution in [-0.4, -0.2) is 30.7 Å². The Bertz CT molecular complexity index is 773. The monoisotopic (exact) mass is 353 g/mol. The number of aryl methyl sites for hydroxylation is 1. The van der Waals surface area contributed by atoms with E-state index in [0.29, 0.717) is 12.2 Å². The summed E-state index contributed by atoms with van der Waals surface area (Å²) in [6.45, 7) is 3.48. The highest BCUT2D eigenvalue weighted by atomic mass is 16.5. The number of nitrogens with zero attached hydrogens (tertiary/aromatic N) is 1. The summed E-state index contributed by atoms with van der Waals surface area (Å²) in [4.78, 5) is 23.5. The molecule has 6 heteroatoms. The van der Waals surface area contributed by atoms with Gasteiger partial charge in [0.25, 0.3) is 11.8 Å². The topological polar surface area (TPSA) is 79.8 Å². The van der Waals surface area contributed by atoms with E-state index in [9.17, 15) is 9.59 Å². The second kappa shape index (κ2) is 9.98. The predicted molar refractivity (Wildman–Crippen MR) is 101 cm³/mol. The van der Waals surface area contributed by atoms with Crippen molar-refractivity contribution < 1.29 is 14.3 Å². The fourth-order valence-electron chi connectivity index (χ4n) is 2.21. The van der Waals surface area contributed by atoms with Crippen LogP contribution < -0.4 is 15.5 Å². The van der Waals surface area contributed by atoms with E-state index in [1.807, 2.05) is 62.4 Å². The number of hydrogen-bond acceptors (Lipinski definition) is 4. The van der Waals surface area contributed by atoms with Crippen molar-refractivity contribution in [2.24, 2.45) is 5.10 Å². The van der Waals surface area contributed by atoms with Gasteiger partial charge in [0.05, 0.1) is 6.54 Å². The normalized spacial score (nSPS) is 10.9. The van der Waals surface area contributed by atoms with E-state index in [-0.39, 0.29) is 25.0 Å². The maximum absolute atomic E-state index is 11.7. The summed E-state index contributed by atoms with van der Waals surface area (Å²) in [7, 11) is 0. The zero-order chi connectivity index (χ0) is 18.8. The zero-order valence-corrected chi connectivity index (χ0v) is 15.0. The van der Waals surface area contributed by atoms with Crippen LogP contribution in [0.5, 0.6) is 5.75 Å². The molecule has 2 amide bonds. The van der Waals surface area contributed by atoms with Gasteiger partial charge in [-0.05, 0) is 37.1 Å². The van der Waals surface area contributed by atoms with Crippen LogP contribution in [0.2, 0.25) is 0 Å². The molecule has 2 rings (SSSR count). The second-order valence-corrected chi connectivity index (χ2v) is 5.93. The molecule has 6 nitrogen and oxygen atoms in total. The van der Waals surface area contributed by atoms with Crippen LogP contribution in [-0.2, 0) is 16.0 Å². The van der Waals surface area contributed by atoms with Crippen molar-refractivity contribution >= 4 is 17.5 Å². The van der Waals surface area contributed by atoms with E-state index < -0.39 is 0 Å². The summed E-state index contributed by atoms with van der Waals surface area (Å²) >= 11 is 0. The van der Waals surface area contributed by atoms with Crippen molar-refractivity contribution in [2.75, 3.05) is 13.2 Å². The maximum Gasteiger partial charge on any atom is 0.259 e. The largest absolute Gasteiger partial charge is 0.484 e. The lowest BCUT2D eigenvalue weighted by atomic mass is 10.1. The first kappa shape index (κ1) is 19.2. The highest BCUT2D eigenvalue weighted by molar-refractivity contribution is 5.88. The van der Waals surface area contributed by atoms with Crippen LogP contribution in [0.3, 0.4) is 0 Å². The van der Waals surface area contributed by atoms with E-state index >= 15 is 0 Å². The van der Waals surface area contributed by atoms with Crippen molar-refractivity contribution in [2.45, 2.75) is 20.3 Å². The Hall–Kier alpha value is -3.15. The lowest BCUT2D eigenvalue weighted by Crippen LogP contribution is -2.37. The lowest BCUT2D eigenvalue weighted by Gasteiger charge is -2.08. The fourth-order valence-corrected chi connectivity index (χ4v) is 2.21. The zero-order valence-electron chi connectivity index (χ0n) is 15.0. The summed E-state index contributed by atoms with van der Waals surface area (Å²) in [5.41, 5.74) is 5.37. The van der Waals surface area contributed by atoms with Gasteiger partial charge in [0.1, 0.15) is 5.75 Å². The Balaban J connectivity index is 1.67. The van der Waals surface area contributed by atoms with E-state index in [4.69, 9.17) is 4.74 Å². The summed E-state index contributed by atoms with van der Waals surface area (Å²) < 4.78 is 5.37. The molecule has 0 aliphatic heterocycles. The number of carbonyl (C=O) groups excluding carboxylic acids is 2. The first-order chi connectivity index (χ1) is 12.5. The van der Waals surface area contributed by atoms with Crippen LogP contribution in [0.4, 0.5) is 0 Å². The molecule has 26 heavy (non-hydrogen) atoms. The molecule has 0 aliphatic rings. The molecule has 0 spiro atoms. The van der Waals surface area contributed by atoms with Crippen LogP contribution in [0.25, 0.3) is 0 Å². The Labute approximate surface area is 153 Å². The van der Waals surface area contributed by atoms with Crippen molar-refractivity contribution in [1.82, 2.24) is 10.7 Å². The SMILES string of the molecule is CC(Cc1ccccc1)=NNC(=O)CNC(=O)COc1cccc(C)c1. The molecule has 136 valence electrons. The number of nitrogens with one attached hydrogen (secondary N) is 2. The maximum atomic E-state index is 11.7. The Morgan fingerprint density at radius 1 is 1.04 bits per heavy atom. The fraction of sp³-hybridized carbons (Fsp3) is 0.250. The molecular weight excluding hydrogens is 330 g/mol. The van der Waals surface area contributed by atoms with Crippen LogP contribution >= 0.6 is 0 Å². The Kier molecular flexibility index (Phi) is 7.36. The molecule has 0 heterocycles. The van der Waals surface area contributed by atoms with E-state index in [1.165, 1.54) is 0 Å². The number of ether oxygens (including phenoxy) is 1. The summed E-state index contributed by atoms with van der Waals surface area (Å²) in [6, 6.07) is 17.3. The third-order valence-electron chi connectivity index (χ3n) is 3.48. The van der Waals surface area contributed by atoms with Crippen LogP contribution in [0.1, 0.15) is 18.1 Å². The van der Waals surface area contributed by atoms with E-state index in [0.717, 1.165) is 16.8 Å². The minimum absolute atomic E-state index is 0.146. The molecule has 0 unspecified atom stereocenters. The highest BCUT2D eigenvalue weighted by Crippen LogP contribution is 2.11. The van der Waals surface area contributed by atoms with Gasteiger partial charge < -0.3 is 10.1 Å².